The van der Waals surface area contributed by atoms with Crippen molar-refractivity contribution in [2.75, 3.05) is 13.7 Å². The second-order valence-electron chi connectivity index (χ2n) is 9.60. The lowest BCUT2D eigenvalue weighted by molar-refractivity contribution is -0.139. The molecule has 1 amide bonds. The lowest BCUT2D eigenvalue weighted by Crippen LogP contribution is -2.39. The minimum Gasteiger partial charge on any atom is -0.482 e. The molecule has 2 aliphatic carbocycles. The third-order valence-electron chi connectivity index (χ3n) is 7.53. The minimum absolute atomic E-state index is 0.346. The van der Waals surface area contributed by atoms with E-state index >= 15 is 0 Å². The zero-order chi connectivity index (χ0) is 26.2. The molecule has 0 unspecified atom stereocenters. The summed E-state index contributed by atoms with van der Waals surface area (Å²) in [5.41, 5.74) is 8.55. The number of hydrogen-bond acceptors (Lipinski definition) is 4. The topological polar surface area (TPSA) is 76.1 Å². The number of benzene rings is 4. The molecule has 0 radical (unpaired) electrons. The van der Waals surface area contributed by atoms with Gasteiger partial charge < -0.3 is 14.6 Å². The normalized spacial score (nSPS) is 15.3. The highest BCUT2D eigenvalue weighted by atomic mass is 16.5. The van der Waals surface area contributed by atoms with Crippen LogP contribution in [0.3, 0.4) is 0 Å². The lowest BCUT2D eigenvalue weighted by atomic mass is 9.90. The van der Waals surface area contributed by atoms with E-state index in [1.807, 2.05) is 53.4 Å². The van der Waals surface area contributed by atoms with E-state index in [0.717, 1.165) is 57.3 Å². The zero-order valence-electron chi connectivity index (χ0n) is 21.0. The fraction of sp³-hybridized carbons (Fsp3) is 0.188. The Kier molecular flexibility index (Phi) is 6.08. The Hall–Kier alpha value is -4.58. The van der Waals surface area contributed by atoms with Gasteiger partial charge >= 0.3 is 12.1 Å². The number of hydrogen-bond donors (Lipinski definition) is 1. The predicted molar refractivity (Wildman–Crippen MR) is 143 cm³/mol. The van der Waals surface area contributed by atoms with Gasteiger partial charge in [-0.2, -0.15) is 0 Å². The molecule has 4 aromatic rings. The van der Waals surface area contributed by atoms with Gasteiger partial charge in [0, 0.05) is 0 Å². The molecule has 0 saturated heterocycles. The number of carbonyl (C=O) groups excluding carboxylic acids is 1. The van der Waals surface area contributed by atoms with E-state index in [1.165, 1.54) is 7.11 Å². The molecule has 38 heavy (non-hydrogen) atoms. The van der Waals surface area contributed by atoms with Gasteiger partial charge in [-0.1, -0.05) is 78.9 Å². The molecule has 1 N–H and O–H groups in total. The van der Waals surface area contributed by atoms with Crippen LogP contribution in [0.1, 0.15) is 45.5 Å². The van der Waals surface area contributed by atoms with Gasteiger partial charge in [0.25, 0.3) is 0 Å². The first-order chi connectivity index (χ1) is 18.6. The summed E-state index contributed by atoms with van der Waals surface area (Å²) in [6.45, 7) is -0.410. The van der Waals surface area contributed by atoms with Crippen LogP contribution >= 0.6 is 0 Å². The fourth-order valence-corrected chi connectivity index (χ4v) is 5.96. The second-order valence-corrected chi connectivity index (χ2v) is 9.60. The third-order valence-corrected chi connectivity index (χ3v) is 7.53. The standard InChI is InChI=1S/C32H27NO5/c1-37-32(36)33(31-27-12-6-4-10-25(27)26-11-5-7-13-28(26)31)30-23-9-3-2-8-20(23)14-15-21-18-22(16-17-24(21)30)38-19-29(34)35/h2-13,16-18,30-31H,14-15,19H2,1H3,(H,34,35)/t30-/m0/s1. The number of carboxylic acids is 1. The molecule has 2 aliphatic rings. The van der Waals surface area contributed by atoms with Gasteiger partial charge in [0.1, 0.15) is 5.75 Å². The summed E-state index contributed by atoms with van der Waals surface area (Å²) in [4.78, 5) is 26.8. The molecule has 6 heteroatoms. The molecule has 0 heterocycles. The fourth-order valence-electron chi connectivity index (χ4n) is 5.96. The summed E-state index contributed by atoms with van der Waals surface area (Å²) in [6.07, 6.45) is 1.11. The van der Waals surface area contributed by atoms with Crippen LogP contribution in [-0.2, 0) is 22.4 Å². The molecule has 0 aliphatic heterocycles. The summed E-state index contributed by atoms with van der Waals surface area (Å²) in [5.74, 6) is -0.530. The van der Waals surface area contributed by atoms with E-state index in [4.69, 9.17) is 14.6 Å². The van der Waals surface area contributed by atoms with E-state index in [-0.39, 0.29) is 6.04 Å². The first kappa shape index (κ1) is 23.8. The van der Waals surface area contributed by atoms with Crippen molar-refractivity contribution >= 4 is 12.1 Å². The zero-order valence-corrected chi connectivity index (χ0v) is 21.0. The number of ether oxygens (including phenoxy) is 2. The number of carboxylic acid groups (broad SMARTS) is 1. The van der Waals surface area contributed by atoms with E-state index in [2.05, 4.69) is 36.4 Å². The first-order valence-electron chi connectivity index (χ1n) is 12.7. The highest BCUT2D eigenvalue weighted by Gasteiger charge is 2.42. The van der Waals surface area contributed by atoms with Gasteiger partial charge in [-0.3, -0.25) is 4.90 Å². The number of aliphatic carboxylic acids is 1. The Morgan fingerprint density at radius 2 is 1.32 bits per heavy atom. The Bertz CT molecular complexity index is 1500. The molecule has 0 aromatic heterocycles. The van der Waals surface area contributed by atoms with Gasteiger partial charge in [0.15, 0.2) is 6.61 Å². The third kappa shape index (κ3) is 3.98. The molecule has 6 nitrogen and oxygen atoms in total. The van der Waals surface area contributed by atoms with Crippen LogP contribution in [0.4, 0.5) is 4.79 Å². The largest absolute Gasteiger partial charge is 0.482 e. The van der Waals surface area contributed by atoms with Crippen LogP contribution in [-0.4, -0.2) is 35.8 Å². The highest BCUT2D eigenvalue weighted by Crippen LogP contribution is 2.51. The van der Waals surface area contributed by atoms with Crippen molar-refractivity contribution in [2.45, 2.75) is 24.9 Å². The number of methoxy groups -OCH3 is 1. The lowest BCUT2D eigenvalue weighted by Gasteiger charge is -2.37. The number of amides is 1. The van der Waals surface area contributed by atoms with E-state index < -0.39 is 24.7 Å². The predicted octanol–water partition coefficient (Wildman–Crippen LogP) is 6.18. The van der Waals surface area contributed by atoms with Crippen LogP contribution in [0.2, 0.25) is 0 Å². The Morgan fingerprint density at radius 1 is 0.763 bits per heavy atom. The number of rotatable bonds is 5. The average molecular weight is 506 g/mol. The van der Waals surface area contributed by atoms with E-state index in [9.17, 15) is 9.59 Å². The van der Waals surface area contributed by atoms with Crippen molar-refractivity contribution in [2.24, 2.45) is 0 Å². The van der Waals surface area contributed by atoms with Crippen molar-refractivity contribution in [1.29, 1.82) is 0 Å². The number of aryl methyl sites for hydroxylation is 2. The smallest absolute Gasteiger partial charge is 0.411 e. The van der Waals surface area contributed by atoms with Crippen molar-refractivity contribution in [1.82, 2.24) is 4.90 Å². The van der Waals surface area contributed by atoms with Crippen LogP contribution < -0.4 is 4.74 Å². The second kappa shape index (κ2) is 9.71. The van der Waals surface area contributed by atoms with Crippen LogP contribution in [0.5, 0.6) is 5.75 Å². The Morgan fingerprint density at radius 3 is 1.97 bits per heavy atom. The van der Waals surface area contributed by atoms with E-state index in [1.54, 1.807) is 6.07 Å². The molecule has 0 fully saturated rings. The Balaban J connectivity index is 1.56. The summed E-state index contributed by atoms with van der Waals surface area (Å²) < 4.78 is 11.0. The van der Waals surface area contributed by atoms with Crippen molar-refractivity contribution in [3.63, 3.8) is 0 Å². The first-order valence-corrected chi connectivity index (χ1v) is 12.7. The summed E-state index contributed by atoms with van der Waals surface area (Å²) in [6, 6.07) is 29.6. The molecule has 0 saturated carbocycles. The van der Waals surface area contributed by atoms with Gasteiger partial charge in [-0.15, -0.1) is 0 Å². The van der Waals surface area contributed by atoms with Gasteiger partial charge in [-0.05, 0) is 69.5 Å². The summed E-state index contributed by atoms with van der Waals surface area (Å²) in [5, 5.41) is 9.08. The molecule has 1 atom stereocenters. The molecular weight excluding hydrogens is 478 g/mol. The molecule has 6 rings (SSSR count). The van der Waals surface area contributed by atoms with Crippen LogP contribution in [0.25, 0.3) is 11.1 Å². The maximum absolute atomic E-state index is 13.8. The van der Waals surface area contributed by atoms with Gasteiger partial charge in [0.05, 0.1) is 19.2 Å². The van der Waals surface area contributed by atoms with Crippen molar-refractivity contribution < 1.29 is 24.2 Å². The van der Waals surface area contributed by atoms with E-state index in [0.29, 0.717) is 5.75 Å². The Labute approximate surface area is 221 Å². The number of fused-ring (bicyclic) bond motifs is 5. The van der Waals surface area contributed by atoms with Crippen molar-refractivity contribution in [3.05, 3.63) is 124 Å². The number of carbonyl (C=O) groups is 2. The summed E-state index contributed by atoms with van der Waals surface area (Å²) in [7, 11) is 1.43. The quantitative estimate of drug-likeness (QED) is 0.351. The SMILES string of the molecule is COC(=O)N(C1c2ccccc2-c2ccccc21)[C@H]1c2ccccc2CCc2cc(OCC(=O)O)ccc21. The van der Waals surface area contributed by atoms with Crippen LogP contribution in [0, 0.1) is 0 Å². The maximum atomic E-state index is 13.8. The number of nitrogens with zero attached hydrogens (tertiary/aromatic N) is 1. The molecule has 0 spiro atoms. The van der Waals surface area contributed by atoms with Gasteiger partial charge in [0.2, 0.25) is 0 Å². The van der Waals surface area contributed by atoms with Gasteiger partial charge in [-0.25, -0.2) is 9.59 Å². The molecule has 4 aromatic carbocycles. The highest BCUT2D eigenvalue weighted by molar-refractivity contribution is 5.82. The summed E-state index contributed by atoms with van der Waals surface area (Å²) >= 11 is 0. The van der Waals surface area contributed by atoms with Crippen LogP contribution in [0.15, 0.2) is 91.0 Å². The molecular formula is C32H27NO5. The van der Waals surface area contributed by atoms with Crippen molar-refractivity contribution in [3.8, 4) is 16.9 Å². The minimum atomic E-state index is -1.03. The monoisotopic (exact) mass is 505 g/mol. The maximum Gasteiger partial charge on any atom is 0.411 e. The molecule has 190 valence electrons. The average Bonchev–Trinajstić information content (AvgIpc) is 3.18. The molecule has 0 bridgehead atoms.